The SMILES string of the molecule is CN(CCNCCOC(F)(F)F)C1CCC1. The molecule has 0 saturated heterocycles. The van der Waals surface area contributed by atoms with Crippen molar-refractivity contribution < 1.29 is 17.9 Å². The molecule has 0 atom stereocenters. The lowest BCUT2D eigenvalue weighted by Crippen LogP contribution is -2.41. The molecule has 1 saturated carbocycles. The van der Waals surface area contributed by atoms with Crippen LogP contribution in [0.15, 0.2) is 0 Å². The highest BCUT2D eigenvalue weighted by Crippen LogP contribution is 2.22. The molecule has 96 valence electrons. The van der Waals surface area contributed by atoms with Gasteiger partial charge in [0, 0.05) is 25.7 Å². The van der Waals surface area contributed by atoms with E-state index in [1.165, 1.54) is 19.3 Å². The van der Waals surface area contributed by atoms with Crippen molar-refractivity contribution in [2.75, 3.05) is 33.3 Å². The topological polar surface area (TPSA) is 24.5 Å². The Morgan fingerprint density at radius 3 is 2.50 bits per heavy atom. The summed E-state index contributed by atoms with van der Waals surface area (Å²) in [6.45, 7) is 1.49. The molecule has 0 bridgehead atoms. The van der Waals surface area contributed by atoms with Crippen molar-refractivity contribution in [3.8, 4) is 0 Å². The van der Waals surface area contributed by atoms with Crippen LogP contribution in [0.25, 0.3) is 0 Å². The van der Waals surface area contributed by atoms with Gasteiger partial charge >= 0.3 is 6.36 Å². The van der Waals surface area contributed by atoms with E-state index < -0.39 is 6.36 Å². The van der Waals surface area contributed by atoms with Crippen molar-refractivity contribution in [3.63, 3.8) is 0 Å². The fourth-order valence-corrected chi connectivity index (χ4v) is 1.63. The molecule has 0 aromatic heterocycles. The maximum Gasteiger partial charge on any atom is 0.522 e. The molecule has 1 aliphatic carbocycles. The second-order valence-corrected chi connectivity index (χ2v) is 4.11. The lowest BCUT2D eigenvalue weighted by atomic mass is 9.92. The Bertz CT molecular complexity index is 195. The average Bonchev–Trinajstić information content (AvgIpc) is 2.06. The zero-order chi connectivity index (χ0) is 12.0. The Kier molecular flexibility index (Phi) is 5.51. The van der Waals surface area contributed by atoms with Crippen LogP contribution in [0, 0.1) is 0 Å². The van der Waals surface area contributed by atoms with Gasteiger partial charge in [-0.15, -0.1) is 13.2 Å². The summed E-state index contributed by atoms with van der Waals surface area (Å²) in [5.74, 6) is 0. The number of hydrogen-bond donors (Lipinski definition) is 1. The van der Waals surface area contributed by atoms with Crippen LogP contribution in [0.1, 0.15) is 19.3 Å². The molecule has 0 radical (unpaired) electrons. The predicted molar refractivity (Wildman–Crippen MR) is 55.1 cm³/mol. The highest BCUT2D eigenvalue weighted by molar-refractivity contribution is 4.77. The highest BCUT2D eigenvalue weighted by atomic mass is 19.4. The van der Waals surface area contributed by atoms with E-state index in [9.17, 15) is 13.2 Å². The molecule has 16 heavy (non-hydrogen) atoms. The zero-order valence-corrected chi connectivity index (χ0v) is 9.52. The second kappa shape index (κ2) is 6.42. The quantitative estimate of drug-likeness (QED) is 0.684. The molecule has 0 amide bonds. The number of halogens is 3. The largest absolute Gasteiger partial charge is 0.522 e. The first-order valence-electron chi connectivity index (χ1n) is 5.60. The molecule has 1 aliphatic rings. The molecule has 6 heteroatoms. The van der Waals surface area contributed by atoms with Crippen LogP contribution in [0.4, 0.5) is 13.2 Å². The average molecular weight is 240 g/mol. The Labute approximate surface area is 93.9 Å². The van der Waals surface area contributed by atoms with Crippen molar-refractivity contribution in [2.45, 2.75) is 31.7 Å². The molecule has 0 unspecified atom stereocenters. The van der Waals surface area contributed by atoms with Crippen LogP contribution >= 0.6 is 0 Å². The van der Waals surface area contributed by atoms with Gasteiger partial charge in [-0.1, -0.05) is 6.42 Å². The Hall–Kier alpha value is -0.330. The van der Waals surface area contributed by atoms with Gasteiger partial charge in [-0.25, -0.2) is 0 Å². The fraction of sp³-hybridized carbons (Fsp3) is 1.00. The summed E-state index contributed by atoms with van der Waals surface area (Å²) >= 11 is 0. The summed E-state index contributed by atoms with van der Waals surface area (Å²) < 4.78 is 38.4. The molecule has 1 N–H and O–H groups in total. The number of likely N-dealkylation sites (N-methyl/N-ethyl adjacent to an activating group) is 1. The van der Waals surface area contributed by atoms with Crippen molar-refractivity contribution in [3.05, 3.63) is 0 Å². The number of nitrogens with zero attached hydrogens (tertiary/aromatic N) is 1. The van der Waals surface area contributed by atoms with Gasteiger partial charge in [0.1, 0.15) is 0 Å². The number of hydrogen-bond acceptors (Lipinski definition) is 3. The normalized spacial score (nSPS) is 17.8. The summed E-state index contributed by atoms with van der Waals surface area (Å²) in [5.41, 5.74) is 0. The van der Waals surface area contributed by atoms with E-state index in [2.05, 4.69) is 22.0 Å². The van der Waals surface area contributed by atoms with E-state index in [0.29, 0.717) is 12.6 Å². The van der Waals surface area contributed by atoms with E-state index in [0.717, 1.165) is 6.54 Å². The molecule has 3 nitrogen and oxygen atoms in total. The minimum Gasteiger partial charge on any atom is -0.313 e. The maximum atomic E-state index is 11.6. The number of rotatable bonds is 7. The third kappa shape index (κ3) is 5.67. The van der Waals surface area contributed by atoms with E-state index in [1.54, 1.807) is 0 Å². The van der Waals surface area contributed by atoms with E-state index >= 15 is 0 Å². The summed E-state index contributed by atoms with van der Waals surface area (Å²) in [5, 5.41) is 2.93. The third-order valence-electron chi connectivity index (χ3n) is 2.88. The lowest BCUT2D eigenvalue weighted by Gasteiger charge is -2.34. The first-order chi connectivity index (χ1) is 7.49. The summed E-state index contributed by atoms with van der Waals surface area (Å²) in [6.07, 6.45) is -0.729. The van der Waals surface area contributed by atoms with Gasteiger partial charge in [-0.3, -0.25) is 4.74 Å². The minimum absolute atomic E-state index is 0.234. The van der Waals surface area contributed by atoms with E-state index in [1.807, 2.05) is 0 Å². The first kappa shape index (κ1) is 13.7. The molecule has 0 aliphatic heterocycles. The molecule has 1 fully saturated rings. The van der Waals surface area contributed by atoms with Gasteiger partial charge in [-0.2, -0.15) is 0 Å². The first-order valence-corrected chi connectivity index (χ1v) is 5.60. The second-order valence-electron chi connectivity index (χ2n) is 4.11. The van der Waals surface area contributed by atoms with Crippen LogP contribution < -0.4 is 5.32 Å². The lowest BCUT2D eigenvalue weighted by molar-refractivity contribution is -0.323. The van der Waals surface area contributed by atoms with Gasteiger partial charge in [0.2, 0.25) is 0 Å². The van der Waals surface area contributed by atoms with Crippen molar-refractivity contribution >= 4 is 0 Å². The Balaban J connectivity index is 1.87. The highest BCUT2D eigenvalue weighted by Gasteiger charge is 2.28. The Morgan fingerprint density at radius 1 is 1.31 bits per heavy atom. The number of ether oxygens (including phenoxy) is 1. The number of alkyl halides is 3. The van der Waals surface area contributed by atoms with Gasteiger partial charge in [0.15, 0.2) is 0 Å². The minimum atomic E-state index is -4.51. The van der Waals surface area contributed by atoms with Gasteiger partial charge < -0.3 is 10.2 Å². The van der Waals surface area contributed by atoms with Crippen LogP contribution in [-0.4, -0.2) is 50.6 Å². The molecular formula is C10H19F3N2O. The smallest absolute Gasteiger partial charge is 0.313 e. The van der Waals surface area contributed by atoms with E-state index in [-0.39, 0.29) is 13.2 Å². The van der Waals surface area contributed by atoms with Crippen LogP contribution in [0.3, 0.4) is 0 Å². The fourth-order valence-electron chi connectivity index (χ4n) is 1.63. The standard InChI is InChI=1S/C10H19F3N2O/c1-15(9-3-2-4-9)7-5-14-6-8-16-10(11,12)13/h9,14H,2-8H2,1H3. The predicted octanol–water partition coefficient (Wildman–Crippen LogP) is 1.60. The van der Waals surface area contributed by atoms with Crippen LogP contribution in [0.5, 0.6) is 0 Å². The van der Waals surface area contributed by atoms with Crippen LogP contribution in [-0.2, 0) is 4.74 Å². The van der Waals surface area contributed by atoms with Crippen molar-refractivity contribution in [1.29, 1.82) is 0 Å². The van der Waals surface area contributed by atoms with Crippen molar-refractivity contribution in [1.82, 2.24) is 10.2 Å². The third-order valence-corrected chi connectivity index (χ3v) is 2.88. The van der Waals surface area contributed by atoms with Gasteiger partial charge in [-0.05, 0) is 19.9 Å². The number of nitrogens with one attached hydrogen (secondary N) is 1. The van der Waals surface area contributed by atoms with Gasteiger partial charge in [0.25, 0.3) is 0 Å². The summed E-state index contributed by atoms with van der Waals surface area (Å²) in [7, 11) is 2.05. The molecule has 0 aromatic carbocycles. The summed E-state index contributed by atoms with van der Waals surface area (Å²) in [4.78, 5) is 2.25. The molecule has 1 rings (SSSR count). The maximum absolute atomic E-state index is 11.6. The molecule has 0 spiro atoms. The van der Waals surface area contributed by atoms with Crippen molar-refractivity contribution in [2.24, 2.45) is 0 Å². The zero-order valence-electron chi connectivity index (χ0n) is 9.52. The van der Waals surface area contributed by atoms with E-state index in [4.69, 9.17) is 0 Å². The monoisotopic (exact) mass is 240 g/mol. The van der Waals surface area contributed by atoms with Gasteiger partial charge in [0.05, 0.1) is 6.61 Å². The Morgan fingerprint density at radius 2 is 2.00 bits per heavy atom. The molecule has 0 heterocycles. The molecule has 0 aromatic rings. The summed E-state index contributed by atoms with van der Waals surface area (Å²) in [6, 6.07) is 0.674. The van der Waals surface area contributed by atoms with Crippen LogP contribution in [0.2, 0.25) is 0 Å². The molecular weight excluding hydrogens is 221 g/mol.